The highest BCUT2D eigenvalue weighted by Gasteiger charge is 2.32. The maximum absolute atomic E-state index is 13.5. The van der Waals surface area contributed by atoms with Crippen molar-refractivity contribution >= 4 is 11.0 Å². The van der Waals surface area contributed by atoms with E-state index in [0.717, 1.165) is 22.4 Å². The molecular weight excluding hydrogens is 257 g/mol. The fourth-order valence-corrected chi connectivity index (χ4v) is 2.77. The summed E-state index contributed by atoms with van der Waals surface area (Å²) in [6.07, 6.45) is -0.461. The number of halogens is 1. The normalized spacial score (nSPS) is 23.6. The maximum atomic E-state index is 13.5. The summed E-state index contributed by atoms with van der Waals surface area (Å²) in [5.41, 5.74) is 3.45. The number of hydrogen-bond acceptors (Lipinski definition) is 4. The fraction of sp³-hybridized carbons (Fsp3) is 0.467. The lowest BCUT2D eigenvalue weighted by Gasteiger charge is -2.22. The van der Waals surface area contributed by atoms with Crippen LogP contribution in [0.4, 0.5) is 4.39 Å². The maximum Gasteiger partial charge on any atom is 0.114 e. The van der Waals surface area contributed by atoms with Crippen LogP contribution in [0.1, 0.15) is 17.8 Å². The van der Waals surface area contributed by atoms with E-state index in [1.54, 1.807) is 0 Å². The highest BCUT2D eigenvalue weighted by Crippen LogP contribution is 2.23. The average molecular weight is 275 g/mol. The van der Waals surface area contributed by atoms with Crippen molar-refractivity contribution in [3.8, 4) is 0 Å². The third-order valence-corrected chi connectivity index (χ3v) is 3.88. The molecule has 20 heavy (non-hydrogen) atoms. The highest BCUT2D eigenvalue weighted by atomic mass is 19.1. The van der Waals surface area contributed by atoms with E-state index in [1.807, 2.05) is 36.1 Å². The third-order valence-electron chi connectivity index (χ3n) is 3.88. The number of likely N-dealkylation sites (tertiary alicyclic amines) is 1. The van der Waals surface area contributed by atoms with Gasteiger partial charge in [0.2, 0.25) is 0 Å². The van der Waals surface area contributed by atoms with E-state index in [9.17, 15) is 9.50 Å². The van der Waals surface area contributed by atoms with Crippen LogP contribution >= 0.6 is 0 Å². The molecule has 1 N–H and O–H groups in total. The van der Waals surface area contributed by atoms with Gasteiger partial charge in [-0.05, 0) is 25.5 Å². The van der Waals surface area contributed by atoms with Gasteiger partial charge in [0.25, 0.3) is 0 Å². The van der Waals surface area contributed by atoms with E-state index in [0.29, 0.717) is 19.5 Å². The lowest BCUT2D eigenvalue weighted by molar-refractivity contribution is 0.151. The number of aliphatic hydroxyl groups excluding tert-OH is 1. The van der Waals surface area contributed by atoms with Crippen molar-refractivity contribution < 1.29 is 9.50 Å². The molecule has 0 unspecified atom stereocenters. The largest absolute Gasteiger partial charge is 0.395 e. The van der Waals surface area contributed by atoms with Gasteiger partial charge in [-0.1, -0.05) is 12.1 Å². The van der Waals surface area contributed by atoms with Crippen LogP contribution in [0, 0.1) is 6.92 Å². The summed E-state index contributed by atoms with van der Waals surface area (Å²) in [4.78, 5) is 11.1. The van der Waals surface area contributed by atoms with Crippen LogP contribution in [-0.2, 0) is 6.54 Å². The summed E-state index contributed by atoms with van der Waals surface area (Å²) >= 11 is 0. The highest BCUT2D eigenvalue weighted by molar-refractivity contribution is 5.74. The van der Waals surface area contributed by atoms with Crippen LogP contribution in [0.25, 0.3) is 11.0 Å². The van der Waals surface area contributed by atoms with Gasteiger partial charge in [0.1, 0.15) is 6.17 Å². The summed E-state index contributed by atoms with van der Waals surface area (Å²) < 4.78 is 13.5. The molecule has 1 aromatic carbocycles. The molecule has 0 aliphatic carbocycles. The molecule has 1 fully saturated rings. The molecular formula is C15H18FN3O. The Bertz CT molecular complexity index is 619. The van der Waals surface area contributed by atoms with E-state index >= 15 is 0 Å². The van der Waals surface area contributed by atoms with E-state index in [1.165, 1.54) is 0 Å². The average Bonchev–Trinajstić information content (AvgIpc) is 2.79. The van der Waals surface area contributed by atoms with Crippen molar-refractivity contribution in [3.05, 3.63) is 35.7 Å². The number of fused-ring (bicyclic) bond motifs is 1. The van der Waals surface area contributed by atoms with Crippen molar-refractivity contribution in [1.82, 2.24) is 14.9 Å². The van der Waals surface area contributed by atoms with Gasteiger partial charge in [-0.15, -0.1) is 0 Å². The Morgan fingerprint density at radius 3 is 2.70 bits per heavy atom. The van der Waals surface area contributed by atoms with E-state index in [-0.39, 0.29) is 12.6 Å². The summed E-state index contributed by atoms with van der Waals surface area (Å²) in [5.74, 6) is 0. The second kappa shape index (κ2) is 5.42. The first-order chi connectivity index (χ1) is 9.67. The quantitative estimate of drug-likeness (QED) is 0.928. The summed E-state index contributed by atoms with van der Waals surface area (Å²) in [7, 11) is 0. The number of benzene rings is 1. The van der Waals surface area contributed by atoms with Gasteiger partial charge in [-0.25, -0.2) is 14.4 Å². The summed E-state index contributed by atoms with van der Waals surface area (Å²) in [6.45, 7) is 2.81. The number of aliphatic hydroxyl groups is 1. The zero-order chi connectivity index (χ0) is 14.1. The van der Waals surface area contributed by atoms with Crippen molar-refractivity contribution in [1.29, 1.82) is 0 Å². The molecule has 1 saturated heterocycles. The standard InChI is InChI=1S/C15H18FN3O/c1-10-15(8-19-7-11(16)6-12(19)9-20)18-14-5-3-2-4-13(14)17-10/h2-5,11-12,20H,6-9H2,1H3/t11-,12-/m0/s1. The van der Waals surface area contributed by atoms with E-state index < -0.39 is 6.17 Å². The summed E-state index contributed by atoms with van der Waals surface area (Å²) in [5, 5.41) is 9.33. The zero-order valence-electron chi connectivity index (χ0n) is 11.5. The van der Waals surface area contributed by atoms with Crippen LogP contribution in [0.3, 0.4) is 0 Å². The topological polar surface area (TPSA) is 49.2 Å². The molecule has 2 aromatic rings. The van der Waals surface area contributed by atoms with Crippen LogP contribution in [-0.4, -0.2) is 45.3 Å². The molecule has 1 aliphatic rings. The molecule has 0 bridgehead atoms. The van der Waals surface area contributed by atoms with E-state index in [4.69, 9.17) is 0 Å². The monoisotopic (exact) mass is 275 g/mol. The lowest BCUT2D eigenvalue weighted by atomic mass is 10.2. The van der Waals surface area contributed by atoms with Gasteiger partial charge in [-0.3, -0.25) is 4.90 Å². The molecule has 1 aromatic heterocycles. The molecule has 3 rings (SSSR count). The Kier molecular flexibility index (Phi) is 3.63. The van der Waals surface area contributed by atoms with Gasteiger partial charge < -0.3 is 5.11 Å². The Hall–Kier alpha value is -1.59. The number of aromatic nitrogens is 2. The third kappa shape index (κ3) is 2.51. The molecule has 5 heteroatoms. The minimum atomic E-state index is -0.860. The molecule has 0 spiro atoms. The predicted molar refractivity (Wildman–Crippen MR) is 75.1 cm³/mol. The molecule has 106 valence electrons. The first-order valence-electron chi connectivity index (χ1n) is 6.88. The molecule has 0 amide bonds. The molecule has 4 nitrogen and oxygen atoms in total. The minimum absolute atomic E-state index is 0.0134. The van der Waals surface area contributed by atoms with Gasteiger partial charge >= 0.3 is 0 Å². The van der Waals surface area contributed by atoms with Gasteiger partial charge in [-0.2, -0.15) is 0 Å². The Morgan fingerprint density at radius 2 is 2.00 bits per heavy atom. The van der Waals surface area contributed by atoms with Crippen LogP contribution in [0.15, 0.2) is 24.3 Å². The Morgan fingerprint density at radius 1 is 1.30 bits per heavy atom. The predicted octanol–water partition coefficient (Wildman–Crippen LogP) is 1.84. The van der Waals surface area contributed by atoms with Gasteiger partial charge in [0, 0.05) is 19.1 Å². The Labute approximate surface area is 117 Å². The smallest absolute Gasteiger partial charge is 0.114 e. The number of rotatable bonds is 3. The SMILES string of the molecule is Cc1nc2ccccc2nc1CN1C[C@@H](F)C[C@H]1CO. The molecule has 0 saturated carbocycles. The second-order valence-corrected chi connectivity index (χ2v) is 5.34. The summed E-state index contributed by atoms with van der Waals surface area (Å²) in [6, 6.07) is 7.61. The molecule has 2 atom stereocenters. The fourth-order valence-electron chi connectivity index (χ4n) is 2.77. The zero-order valence-corrected chi connectivity index (χ0v) is 11.5. The Balaban J connectivity index is 1.88. The second-order valence-electron chi connectivity index (χ2n) is 5.34. The molecule has 2 heterocycles. The van der Waals surface area contributed by atoms with Gasteiger partial charge in [0.15, 0.2) is 0 Å². The van der Waals surface area contributed by atoms with Crippen molar-refractivity contribution in [2.75, 3.05) is 13.2 Å². The first-order valence-corrected chi connectivity index (χ1v) is 6.88. The van der Waals surface area contributed by atoms with Crippen molar-refractivity contribution in [2.45, 2.75) is 32.1 Å². The lowest BCUT2D eigenvalue weighted by Crippen LogP contribution is -2.32. The molecule has 1 aliphatic heterocycles. The number of para-hydroxylation sites is 2. The van der Waals surface area contributed by atoms with Crippen LogP contribution in [0.2, 0.25) is 0 Å². The van der Waals surface area contributed by atoms with Crippen LogP contribution in [0.5, 0.6) is 0 Å². The van der Waals surface area contributed by atoms with Crippen molar-refractivity contribution in [3.63, 3.8) is 0 Å². The van der Waals surface area contributed by atoms with Crippen LogP contribution < -0.4 is 0 Å². The minimum Gasteiger partial charge on any atom is -0.395 e. The van der Waals surface area contributed by atoms with Crippen molar-refractivity contribution in [2.24, 2.45) is 0 Å². The number of alkyl halides is 1. The number of hydrogen-bond donors (Lipinski definition) is 1. The molecule has 0 radical (unpaired) electrons. The van der Waals surface area contributed by atoms with Gasteiger partial charge in [0.05, 0.1) is 29.0 Å². The van der Waals surface area contributed by atoms with E-state index in [2.05, 4.69) is 9.97 Å². The number of nitrogens with zero attached hydrogens (tertiary/aromatic N) is 3. The number of aryl methyl sites for hydroxylation is 1. The first kappa shape index (κ1) is 13.4.